The van der Waals surface area contributed by atoms with Gasteiger partial charge in [-0.15, -0.1) is 0 Å². The van der Waals surface area contributed by atoms with Gasteiger partial charge in [0.1, 0.15) is 5.78 Å². The molecule has 1 aliphatic carbocycles. The van der Waals surface area contributed by atoms with Gasteiger partial charge >= 0.3 is 0 Å². The van der Waals surface area contributed by atoms with E-state index in [0.717, 1.165) is 62.3 Å². The highest BCUT2D eigenvalue weighted by Crippen LogP contribution is 2.32. The number of carbonyl (C=O) groups excluding carboxylic acids is 1. The smallest absolute Gasteiger partial charge is 0.138 e. The van der Waals surface area contributed by atoms with Crippen LogP contribution in [0.5, 0.6) is 0 Å². The lowest BCUT2D eigenvalue weighted by Crippen LogP contribution is -2.35. The fourth-order valence-electron chi connectivity index (χ4n) is 4.47. The Kier molecular flexibility index (Phi) is 13.5. The molecule has 5 heteroatoms. The monoisotopic (exact) mass is 553 g/mol. The van der Waals surface area contributed by atoms with E-state index in [1.165, 1.54) is 16.7 Å². The second-order valence-electron chi connectivity index (χ2n) is 10.6. The molecule has 2 heterocycles. The van der Waals surface area contributed by atoms with Gasteiger partial charge in [0, 0.05) is 36.9 Å². The van der Waals surface area contributed by atoms with Crippen molar-refractivity contribution in [1.29, 1.82) is 0 Å². The highest BCUT2D eigenvalue weighted by Gasteiger charge is 2.30. The number of Topliss-reactive ketones (excluding diaryl/α,β-unsaturated/α-hetero) is 1. The maximum Gasteiger partial charge on any atom is 0.138 e. The molecule has 0 unspecified atom stereocenters. The van der Waals surface area contributed by atoms with Crippen LogP contribution in [0.1, 0.15) is 62.9 Å². The quantitative estimate of drug-likeness (QED) is 0.261. The van der Waals surface area contributed by atoms with E-state index in [0.29, 0.717) is 11.7 Å². The Bertz CT molecular complexity index is 1330. The summed E-state index contributed by atoms with van der Waals surface area (Å²) in [4.78, 5) is 13.3. The van der Waals surface area contributed by atoms with Crippen molar-refractivity contribution in [1.82, 2.24) is 15.1 Å². The van der Waals surface area contributed by atoms with Gasteiger partial charge in [-0.2, -0.15) is 5.10 Å². The van der Waals surface area contributed by atoms with Gasteiger partial charge in [-0.1, -0.05) is 112 Å². The summed E-state index contributed by atoms with van der Waals surface area (Å²) in [5.74, 6) is 1.18. The van der Waals surface area contributed by atoms with Crippen LogP contribution < -0.4 is 0 Å². The first-order chi connectivity index (χ1) is 20.0. The second-order valence-corrected chi connectivity index (χ2v) is 10.6. The molecule has 3 aromatic carbocycles. The van der Waals surface area contributed by atoms with Crippen molar-refractivity contribution in [3.05, 3.63) is 101 Å². The Balaban J connectivity index is 0.000000222. The van der Waals surface area contributed by atoms with Crippen LogP contribution in [-0.4, -0.2) is 47.2 Å². The van der Waals surface area contributed by atoms with Crippen molar-refractivity contribution in [3.63, 3.8) is 0 Å². The maximum absolute atomic E-state index is 10.9. The number of hydrogen-bond acceptors (Lipinski definition) is 4. The summed E-state index contributed by atoms with van der Waals surface area (Å²) >= 11 is 0. The molecule has 4 aromatic rings. The molecule has 0 amide bonds. The molecule has 1 aromatic heterocycles. The standard InChI is InChI=1S/C20H21N3O.C7H12O.C7H8.C2H6/c1-2-7-19-18(6-1)20(22-21-19)9-8-16-4-3-5-17(14-16)15-23-10-12-24-13-11-23;1-5(2)7(8)6-3-4-6;1-7-5-3-2-4-6-7;1-2/h1-9,14H,10-13,15H2,(H,21,22);5-6H,3-4H2,1-2H3;2-6H,1H3;1-2H3/b9-8+;;;. The molecule has 2 aliphatic rings. The molecular weight excluding hydrogens is 506 g/mol. The molecule has 6 rings (SSSR count). The van der Waals surface area contributed by atoms with Gasteiger partial charge in [-0.05, 0) is 43.0 Å². The number of aryl methyl sites for hydroxylation is 1. The Hall–Kier alpha value is -3.54. The SMILES string of the molecule is C(=C\c1n[nH]c2ccccc12)/c1cccc(CN2CCOCC2)c1.CC.CC(C)C(=O)C1CC1.Cc1ccccc1. The van der Waals surface area contributed by atoms with Crippen LogP contribution in [0.4, 0.5) is 0 Å². The van der Waals surface area contributed by atoms with E-state index in [9.17, 15) is 4.79 Å². The van der Waals surface area contributed by atoms with Crippen molar-refractivity contribution < 1.29 is 9.53 Å². The number of H-pyrrole nitrogens is 1. The third-order valence-corrected chi connectivity index (χ3v) is 6.88. The van der Waals surface area contributed by atoms with Crippen LogP contribution in [0.25, 0.3) is 23.1 Å². The topological polar surface area (TPSA) is 58.2 Å². The molecule has 1 saturated carbocycles. The summed E-state index contributed by atoms with van der Waals surface area (Å²) < 4.78 is 5.41. The summed E-state index contributed by atoms with van der Waals surface area (Å²) in [5, 5.41) is 8.61. The number of aromatic amines is 1. The number of hydrogen-bond donors (Lipinski definition) is 1. The van der Waals surface area contributed by atoms with Crippen LogP contribution in [0.2, 0.25) is 0 Å². The Morgan fingerprint density at radius 3 is 2.24 bits per heavy atom. The third-order valence-electron chi connectivity index (χ3n) is 6.88. The van der Waals surface area contributed by atoms with E-state index in [2.05, 4.69) is 76.6 Å². The van der Waals surface area contributed by atoms with Gasteiger partial charge in [0.15, 0.2) is 0 Å². The number of rotatable bonds is 6. The van der Waals surface area contributed by atoms with E-state index in [-0.39, 0.29) is 5.92 Å². The second kappa shape index (κ2) is 17.3. The zero-order chi connectivity index (χ0) is 29.5. The lowest BCUT2D eigenvalue weighted by molar-refractivity contribution is -0.123. The van der Waals surface area contributed by atoms with E-state index < -0.39 is 0 Å². The van der Waals surface area contributed by atoms with Crippen molar-refractivity contribution in [2.45, 2.75) is 54.0 Å². The largest absolute Gasteiger partial charge is 0.379 e. The van der Waals surface area contributed by atoms with E-state index in [1.54, 1.807) is 0 Å². The summed E-state index contributed by atoms with van der Waals surface area (Å²) in [6.07, 6.45) is 6.51. The third kappa shape index (κ3) is 11.1. The molecule has 2 fully saturated rings. The van der Waals surface area contributed by atoms with Crippen LogP contribution in [0.15, 0.2) is 78.9 Å². The zero-order valence-electron chi connectivity index (χ0n) is 25.5. The minimum Gasteiger partial charge on any atom is -0.379 e. The lowest BCUT2D eigenvalue weighted by Gasteiger charge is -2.26. The van der Waals surface area contributed by atoms with Crippen LogP contribution >= 0.6 is 0 Å². The van der Waals surface area contributed by atoms with Gasteiger partial charge in [-0.3, -0.25) is 14.8 Å². The predicted octanol–water partition coefficient (Wildman–Crippen LogP) is 8.21. The number of nitrogens with one attached hydrogen (secondary N) is 1. The first-order valence-corrected chi connectivity index (χ1v) is 15.0. The number of nitrogens with zero attached hydrogens (tertiary/aromatic N) is 2. The molecule has 0 spiro atoms. The Morgan fingerprint density at radius 2 is 1.63 bits per heavy atom. The molecule has 218 valence electrons. The number of fused-ring (bicyclic) bond motifs is 1. The number of para-hydroxylation sites is 1. The first-order valence-electron chi connectivity index (χ1n) is 15.0. The maximum atomic E-state index is 10.9. The van der Waals surface area contributed by atoms with Crippen LogP contribution in [0.3, 0.4) is 0 Å². The number of morpholine rings is 1. The first kappa shape index (κ1) is 32.0. The van der Waals surface area contributed by atoms with Gasteiger partial charge in [0.05, 0.1) is 24.4 Å². The molecule has 1 aliphatic heterocycles. The number of ether oxygens (including phenoxy) is 1. The highest BCUT2D eigenvalue weighted by molar-refractivity contribution is 5.89. The minimum atomic E-state index is 0.266. The van der Waals surface area contributed by atoms with Gasteiger partial charge in [-0.25, -0.2) is 0 Å². The predicted molar refractivity (Wildman–Crippen MR) is 173 cm³/mol. The molecule has 5 nitrogen and oxygen atoms in total. The summed E-state index contributed by atoms with van der Waals surface area (Å²) in [6, 6.07) is 27.2. The van der Waals surface area contributed by atoms with E-state index in [4.69, 9.17) is 4.74 Å². The average molecular weight is 554 g/mol. The molecule has 0 atom stereocenters. The number of benzene rings is 3. The van der Waals surface area contributed by atoms with Gasteiger partial charge < -0.3 is 4.74 Å². The summed E-state index contributed by atoms with van der Waals surface area (Å²) in [6.45, 7) is 14.7. The van der Waals surface area contributed by atoms with Crippen LogP contribution in [-0.2, 0) is 16.1 Å². The van der Waals surface area contributed by atoms with E-state index in [1.807, 2.05) is 64.1 Å². The van der Waals surface area contributed by atoms with E-state index >= 15 is 0 Å². The molecule has 0 radical (unpaired) electrons. The zero-order valence-corrected chi connectivity index (χ0v) is 25.5. The summed E-state index contributed by atoms with van der Waals surface area (Å²) in [5.41, 5.74) is 5.91. The molecule has 0 bridgehead atoms. The van der Waals surface area contributed by atoms with Crippen molar-refractivity contribution in [2.24, 2.45) is 11.8 Å². The van der Waals surface area contributed by atoms with Gasteiger partial charge in [0.25, 0.3) is 0 Å². The normalized spacial score (nSPS) is 14.9. The minimum absolute atomic E-state index is 0.266. The lowest BCUT2D eigenvalue weighted by atomic mass is 10.1. The fourth-order valence-corrected chi connectivity index (χ4v) is 4.47. The number of carbonyl (C=O) groups is 1. The highest BCUT2D eigenvalue weighted by atomic mass is 16.5. The Labute approximate surface area is 246 Å². The molecule has 41 heavy (non-hydrogen) atoms. The number of ketones is 1. The van der Waals surface area contributed by atoms with Gasteiger partial charge in [0.2, 0.25) is 0 Å². The molecular formula is C36H47N3O2. The van der Waals surface area contributed by atoms with Crippen molar-refractivity contribution in [3.8, 4) is 0 Å². The van der Waals surface area contributed by atoms with Crippen molar-refractivity contribution in [2.75, 3.05) is 26.3 Å². The summed E-state index contributed by atoms with van der Waals surface area (Å²) in [7, 11) is 0. The number of aromatic nitrogens is 2. The molecule has 1 saturated heterocycles. The fraction of sp³-hybridized carbons (Fsp3) is 0.389. The molecule has 1 N–H and O–H groups in total. The Morgan fingerprint density at radius 1 is 0.951 bits per heavy atom. The van der Waals surface area contributed by atoms with Crippen molar-refractivity contribution >= 4 is 28.8 Å². The average Bonchev–Trinajstić information content (AvgIpc) is 3.78. The van der Waals surface area contributed by atoms with Crippen LogP contribution in [0, 0.1) is 18.8 Å².